The molecule has 80 valence electrons. The van der Waals surface area contributed by atoms with Gasteiger partial charge in [-0.15, -0.1) is 0 Å². The van der Waals surface area contributed by atoms with E-state index in [1.165, 1.54) is 11.1 Å². The molecule has 1 aromatic rings. The molecular weight excluding hydrogens is 256 g/mol. The predicted octanol–water partition coefficient (Wildman–Crippen LogP) is 3.40. The molecule has 0 amide bonds. The van der Waals surface area contributed by atoms with Gasteiger partial charge >= 0.3 is 0 Å². The summed E-state index contributed by atoms with van der Waals surface area (Å²) in [5.41, 5.74) is 2.77. The Balaban J connectivity index is 2.12. The summed E-state index contributed by atoms with van der Waals surface area (Å²) in [7, 11) is 0. The van der Waals surface area contributed by atoms with Crippen LogP contribution in [0, 0.1) is 0 Å². The molecule has 2 atom stereocenters. The van der Waals surface area contributed by atoms with Crippen molar-refractivity contribution in [2.75, 3.05) is 13.2 Å². The van der Waals surface area contributed by atoms with E-state index in [4.69, 9.17) is 9.47 Å². The number of halogens is 1. The van der Waals surface area contributed by atoms with Gasteiger partial charge in [-0.25, -0.2) is 0 Å². The summed E-state index contributed by atoms with van der Waals surface area (Å²) in [6.07, 6.45) is 1.16. The normalized spacial score (nSPS) is 27.6. The van der Waals surface area contributed by atoms with E-state index in [-0.39, 0.29) is 0 Å². The molecule has 15 heavy (non-hydrogen) atoms. The number of rotatable bonds is 0. The van der Waals surface area contributed by atoms with Crippen molar-refractivity contribution in [3.05, 3.63) is 23.3 Å². The molecule has 1 aromatic carbocycles. The predicted molar refractivity (Wildman–Crippen MR) is 62.1 cm³/mol. The lowest BCUT2D eigenvalue weighted by Gasteiger charge is -2.20. The highest BCUT2D eigenvalue weighted by Crippen LogP contribution is 2.49. The number of alkyl halides is 1. The number of hydrogen-bond acceptors (Lipinski definition) is 2. The van der Waals surface area contributed by atoms with E-state index in [0.29, 0.717) is 24.0 Å². The maximum atomic E-state index is 5.59. The molecule has 0 radical (unpaired) electrons. The van der Waals surface area contributed by atoms with Crippen LogP contribution in [0.25, 0.3) is 0 Å². The lowest BCUT2D eigenvalue weighted by atomic mass is 10.0. The van der Waals surface area contributed by atoms with Crippen molar-refractivity contribution in [2.24, 2.45) is 0 Å². The average molecular weight is 269 g/mol. The van der Waals surface area contributed by atoms with Gasteiger partial charge < -0.3 is 9.47 Å². The summed E-state index contributed by atoms with van der Waals surface area (Å²) in [5, 5.41) is 0. The van der Waals surface area contributed by atoms with Gasteiger partial charge in [-0.3, -0.25) is 0 Å². The van der Waals surface area contributed by atoms with Gasteiger partial charge in [-0.1, -0.05) is 22.9 Å². The molecule has 1 aliphatic heterocycles. The zero-order chi connectivity index (χ0) is 10.4. The van der Waals surface area contributed by atoms with E-state index < -0.39 is 0 Å². The second-order valence-corrected chi connectivity index (χ2v) is 5.33. The summed E-state index contributed by atoms with van der Waals surface area (Å²) < 4.78 is 11.2. The minimum atomic E-state index is 0.471. The molecule has 1 aliphatic carbocycles. The van der Waals surface area contributed by atoms with Gasteiger partial charge in [0.25, 0.3) is 0 Å². The largest absolute Gasteiger partial charge is 0.486 e. The van der Waals surface area contributed by atoms with Gasteiger partial charge in [0.05, 0.1) is 0 Å². The van der Waals surface area contributed by atoms with Crippen LogP contribution in [0.4, 0.5) is 0 Å². The Labute approximate surface area is 97.7 Å². The Bertz CT molecular complexity index is 366. The van der Waals surface area contributed by atoms with Crippen molar-refractivity contribution in [1.29, 1.82) is 0 Å². The molecule has 0 aromatic heterocycles. The van der Waals surface area contributed by atoms with Crippen molar-refractivity contribution < 1.29 is 9.47 Å². The summed E-state index contributed by atoms with van der Waals surface area (Å²) in [4.78, 5) is 0.471. The Kier molecular flexibility index (Phi) is 2.16. The third kappa shape index (κ3) is 1.44. The molecule has 0 saturated heterocycles. The topological polar surface area (TPSA) is 18.5 Å². The van der Waals surface area contributed by atoms with Crippen LogP contribution in [0.5, 0.6) is 11.5 Å². The first-order chi connectivity index (χ1) is 7.25. The Morgan fingerprint density at radius 2 is 1.73 bits per heavy atom. The zero-order valence-corrected chi connectivity index (χ0v) is 10.2. The van der Waals surface area contributed by atoms with Crippen molar-refractivity contribution in [3.63, 3.8) is 0 Å². The molecule has 0 N–H and O–H groups in total. The van der Waals surface area contributed by atoms with Crippen LogP contribution >= 0.6 is 15.9 Å². The summed E-state index contributed by atoms with van der Waals surface area (Å²) in [5.74, 6) is 2.42. The molecule has 0 spiro atoms. The molecular formula is C12H13BrO2. The lowest BCUT2D eigenvalue weighted by Crippen LogP contribution is -2.15. The standard InChI is InChI=1S/C12H13BrO2/c1-7-4-10(13)9-6-12-11(5-8(7)9)14-2-3-15-12/h5-7,10H,2-4H2,1H3. The molecule has 3 heteroatoms. The van der Waals surface area contributed by atoms with E-state index in [1.807, 2.05) is 0 Å². The van der Waals surface area contributed by atoms with Gasteiger partial charge in [0.1, 0.15) is 13.2 Å². The van der Waals surface area contributed by atoms with Gasteiger partial charge in [0, 0.05) is 4.83 Å². The van der Waals surface area contributed by atoms with Crippen LogP contribution in [0.15, 0.2) is 12.1 Å². The summed E-state index contributed by atoms with van der Waals surface area (Å²) in [6.45, 7) is 3.59. The molecule has 2 unspecified atom stereocenters. The van der Waals surface area contributed by atoms with Gasteiger partial charge in [-0.2, -0.15) is 0 Å². The van der Waals surface area contributed by atoms with Crippen molar-refractivity contribution >= 4 is 15.9 Å². The number of benzene rings is 1. The summed E-state index contributed by atoms with van der Waals surface area (Å²) in [6, 6.07) is 4.28. The second-order valence-electron chi connectivity index (χ2n) is 4.23. The van der Waals surface area contributed by atoms with Gasteiger partial charge in [0.2, 0.25) is 0 Å². The highest BCUT2D eigenvalue weighted by atomic mass is 79.9. The van der Waals surface area contributed by atoms with E-state index in [9.17, 15) is 0 Å². The fraction of sp³-hybridized carbons (Fsp3) is 0.500. The fourth-order valence-corrected chi connectivity index (χ4v) is 3.34. The first-order valence-corrected chi connectivity index (χ1v) is 6.25. The number of ether oxygens (including phenoxy) is 2. The highest BCUT2D eigenvalue weighted by Gasteiger charge is 2.29. The third-order valence-corrected chi connectivity index (χ3v) is 4.04. The second kappa shape index (κ2) is 3.41. The van der Waals surface area contributed by atoms with Crippen molar-refractivity contribution in [1.82, 2.24) is 0 Å². The van der Waals surface area contributed by atoms with Crippen LogP contribution < -0.4 is 9.47 Å². The minimum Gasteiger partial charge on any atom is -0.486 e. The Morgan fingerprint density at radius 1 is 1.13 bits per heavy atom. The zero-order valence-electron chi connectivity index (χ0n) is 8.63. The lowest BCUT2D eigenvalue weighted by molar-refractivity contribution is 0.171. The molecule has 0 fully saturated rings. The van der Waals surface area contributed by atoms with Crippen LogP contribution in [0.2, 0.25) is 0 Å². The van der Waals surface area contributed by atoms with Gasteiger partial charge in [-0.05, 0) is 35.6 Å². The monoisotopic (exact) mass is 268 g/mol. The SMILES string of the molecule is CC1CC(Br)c2cc3c(cc21)OCCO3. The van der Waals surface area contributed by atoms with Crippen LogP contribution in [-0.4, -0.2) is 13.2 Å². The van der Waals surface area contributed by atoms with E-state index in [1.54, 1.807) is 0 Å². The molecule has 2 nitrogen and oxygen atoms in total. The van der Waals surface area contributed by atoms with E-state index in [2.05, 4.69) is 35.0 Å². The smallest absolute Gasteiger partial charge is 0.161 e. The van der Waals surface area contributed by atoms with Crippen LogP contribution in [0.1, 0.15) is 35.2 Å². The number of fused-ring (bicyclic) bond motifs is 2. The maximum Gasteiger partial charge on any atom is 0.161 e. The Hall–Kier alpha value is -0.700. The first kappa shape index (κ1) is 9.52. The quantitative estimate of drug-likeness (QED) is 0.672. The molecule has 2 aliphatic rings. The van der Waals surface area contributed by atoms with Crippen LogP contribution in [0.3, 0.4) is 0 Å². The first-order valence-electron chi connectivity index (χ1n) is 5.33. The Morgan fingerprint density at radius 3 is 2.40 bits per heavy atom. The highest BCUT2D eigenvalue weighted by molar-refractivity contribution is 9.09. The number of hydrogen-bond donors (Lipinski definition) is 0. The van der Waals surface area contributed by atoms with Crippen LogP contribution in [-0.2, 0) is 0 Å². The van der Waals surface area contributed by atoms with Crippen molar-refractivity contribution in [2.45, 2.75) is 24.1 Å². The molecule has 3 rings (SSSR count). The van der Waals surface area contributed by atoms with E-state index in [0.717, 1.165) is 17.9 Å². The summed E-state index contributed by atoms with van der Waals surface area (Å²) >= 11 is 3.71. The average Bonchev–Trinajstić information content (AvgIpc) is 2.52. The maximum absolute atomic E-state index is 5.59. The van der Waals surface area contributed by atoms with E-state index >= 15 is 0 Å². The molecule has 0 bridgehead atoms. The van der Waals surface area contributed by atoms with Crippen molar-refractivity contribution in [3.8, 4) is 11.5 Å². The molecule has 0 saturated carbocycles. The third-order valence-electron chi connectivity index (χ3n) is 3.18. The molecule has 1 heterocycles. The minimum absolute atomic E-state index is 0.471. The van der Waals surface area contributed by atoms with Gasteiger partial charge in [0.15, 0.2) is 11.5 Å². The fourth-order valence-electron chi connectivity index (χ4n) is 2.38.